The molecule has 0 aliphatic carbocycles. The van der Waals surface area contributed by atoms with Gasteiger partial charge in [0.05, 0.1) is 17.7 Å². The second-order valence-corrected chi connectivity index (χ2v) is 5.99. The van der Waals surface area contributed by atoms with Gasteiger partial charge in [-0.1, -0.05) is 40.2 Å². The van der Waals surface area contributed by atoms with Gasteiger partial charge in [-0.15, -0.1) is 0 Å². The van der Waals surface area contributed by atoms with Crippen LogP contribution in [0.5, 0.6) is 0 Å². The molecule has 0 aliphatic rings. The van der Waals surface area contributed by atoms with E-state index in [9.17, 15) is 5.11 Å². The molecule has 0 aliphatic heterocycles. The highest BCUT2D eigenvalue weighted by Crippen LogP contribution is 2.17. The minimum Gasteiger partial charge on any atom is -0.387 e. The fourth-order valence-electron chi connectivity index (χ4n) is 2.19. The van der Waals surface area contributed by atoms with Gasteiger partial charge in [0.2, 0.25) is 0 Å². The number of hydrogen-bond donors (Lipinski definition) is 1. The Bertz CT molecular complexity index is 634. The molecular formula is C17H17BrN2O. The highest BCUT2D eigenvalue weighted by Gasteiger charge is 2.11. The average molecular weight is 345 g/mol. The third kappa shape index (κ3) is 4.68. The van der Waals surface area contributed by atoms with Gasteiger partial charge in [0.25, 0.3) is 0 Å². The largest absolute Gasteiger partial charge is 0.387 e. The van der Waals surface area contributed by atoms with Crippen molar-refractivity contribution in [3.05, 3.63) is 69.7 Å². The highest BCUT2D eigenvalue weighted by molar-refractivity contribution is 9.10. The van der Waals surface area contributed by atoms with E-state index in [0.717, 1.165) is 16.6 Å². The van der Waals surface area contributed by atoms with Gasteiger partial charge in [0.15, 0.2) is 0 Å². The van der Waals surface area contributed by atoms with Crippen LogP contribution in [0.25, 0.3) is 0 Å². The minimum absolute atomic E-state index is 0.540. The molecule has 4 heteroatoms. The summed E-state index contributed by atoms with van der Waals surface area (Å²) in [5, 5.41) is 19.0. The Morgan fingerprint density at radius 3 is 2.57 bits per heavy atom. The fraction of sp³-hybridized carbons (Fsp3) is 0.235. The monoisotopic (exact) mass is 344 g/mol. The average Bonchev–Trinajstić information content (AvgIpc) is 2.47. The van der Waals surface area contributed by atoms with Gasteiger partial charge in [0.1, 0.15) is 0 Å². The van der Waals surface area contributed by atoms with Gasteiger partial charge in [-0.2, -0.15) is 5.26 Å². The number of aliphatic hydroxyl groups excluding tert-OH is 1. The first-order valence-electron chi connectivity index (χ1n) is 6.69. The molecule has 0 fully saturated rings. The Morgan fingerprint density at radius 1 is 1.24 bits per heavy atom. The van der Waals surface area contributed by atoms with Crippen LogP contribution < -0.4 is 0 Å². The Labute approximate surface area is 133 Å². The van der Waals surface area contributed by atoms with Crippen LogP contribution in [0.4, 0.5) is 0 Å². The number of nitriles is 1. The first kappa shape index (κ1) is 15.7. The number of halogens is 1. The molecule has 1 N–H and O–H groups in total. The molecule has 1 atom stereocenters. The summed E-state index contributed by atoms with van der Waals surface area (Å²) >= 11 is 3.46. The normalized spacial score (nSPS) is 12.1. The second-order valence-electron chi connectivity index (χ2n) is 5.08. The van der Waals surface area contributed by atoms with Crippen LogP contribution in [0.15, 0.2) is 53.0 Å². The molecule has 1 unspecified atom stereocenters. The van der Waals surface area contributed by atoms with Gasteiger partial charge in [-0.3, -0.25) is 4.90 Å². The van der Waals surface area contributed by atoms with Crippen molar-refractivity contribution in [3.8, 4) is 6.07 Å². The molecule has 2 aromatic rings. The van der Waals surface area contributed by atoms with Gasteiger partial charge in [0, 0.05) is 17.6 Å². The molecule has 0 heterocycles. The lowest BCUT2D eigenvalue weighted by Gasteiger charge is -2.21. The van der Waals surface area contributed by atoms with E-state index in [2.05, 4.69) is 39.0 Å². The summed E-state index contributed by atoms with van der Waals surface area (Å²) in [4.78, 5) is 2.07. The van der Waals surface area contributed by atoms with Crippen molar-refractivity contribution in [2.45, 2.75) is 12.6 Å². The lowest BCUT2D eigenvalue weighted by atomic mass is 10.1. The molecule has 0 amide bonds. The lowest BCUT2D eigenvalue weighted by Crippen LogP contribution is -2.24. The quantitative estimate of drug-likeness (QED) is 0.902. The van der Waals surface area contributed by atoms with Crippen molar-refractivity contribution in [1.82, 2.24) is 4.90 Å². The fourth-order valence-corrected chi connectivity index (χ4v) is 2.64. The summed E-state index contributed by atoms with van der Waals surface area (Å²) in [6, 6.07) is 17.3. The Hall–Kier alpha value is -1.67. The zero-order chi connectivity index (χ0) is 15.2. The predicted octanol–water partition coefficient (Wildman–Crippen LogP) is 3.49. The number of benzene rings is 2. The maximum Gasteiger partial charge on any atom is 0.0991 e. The van der Waals surface area contributed by atoms with E-state index in [1.165, 1.54) is 5.56 Å². The first-order chi connectivity index (χ1) is 10.1. The maximum atomic E-state index is 10.3. The molecule has 21 heavy (non-hydrogen) atoms. The van der Waals surface area contributed by atoms with Crippen molar-refractivity contribution in [3.63, 3.8) is 0 Å². The molecule has 3 nitrogen and oxygen atoms in total. The molecule has 0 radical (unpaired) electrons. The van der Waals surface area contributed by atoms with E-state index in [-0.39, 0.29) is 0 Å². The van der Waals surface area contributed by atoms with E-state index < -0.39 is 6.10 Å². The van der Waals surface area contributed by atoms with Gasteiger partial charge >= 0.3 is 0 Å². The number of likely N-dealkylation sites (N-methyl/N-ethyl adjacent to an activating group) is 1. The Morgan fingerprint density at radius 2 is 1.95 bits per heavy atom. The summed E-state index contributed by atoms with van der Waals surface area (Å²) in [5.41, 5.74) is 2.63. The van der Waals surface area contributed by atoms with Crippen molar-refractivity contribution in [1.29, 1.82) is 5.26 Å². The minimum atomic E-state index is -0.560. The maximum absolute atomic E-state index is 10.3. The number of rotatable bonds is 5. The summed E-state index contributed by atoms with van der Waals surface area (Å²) in [5.74, 6) is 0. The van der Waals surface area contributed by atoms with Crippen molar-refractivity contribution in [2.75, 3.05) is 13.6 Å². The van der Waals surface area contributed by atoms with Crippen LogP contribution in [0.1, 0.15) is 22.8 Å². The summed E-state index contributed by atoms with van der Waals surface area (Å²) in [6.07, 6.45) is -0.560. The van der Waals surface area contributed by atoms with Crippen LogP contribution >= 0.6 is 15.9 Å². The second kappa shape index (κ2) is 7.37. The molecule has 0 aromatic heterocycles. The number of aliphatic hydroxyl groups is 1. The third-order valence-electron chi connectivity index (χ3n) is 3.25. The standard InChI is InChI=1S/C17H17BrN2O/c1-20(11-14-3-2-4-16(18)9-14)12-17(21)15-7-5-13(10-19)6-8-15/h2-9,17,21H,11-12H2,1H3. The zero-order valence-corrected chi connectivity index (χ0v) is 13.4. The topological polar surface area (TPSA) is 47.3 Å². The molecule has 0 bridgehead atoms. The highest BCUT2D eigenvalue weighted by atomic mass is 79.9. The SMILES string of the molecule is CN(Cc1cccc(Br)c1)CC(O)c1ccc(C#N)cc1. The predicted molar refractivity (Wildman–Crippen MR) is 86.6 cm³/mol. The van der Waals surface area contributed by atoms with E-state index in [0.29, 0.717) is 12.1 Å². The van der Waals surface area contributed by atoms with E-state index in [1.54, 1.807) is 24.3 Å². The summed E-state index contributed by atoms with van der Waals surface area (Å²) in [7, 11) is 1.98. The zero-order valence-electron chi connectivity index (χ0n) is 11.8. The van der Waals surface area contributed by atoms with Crippen LogP contribution in [0.2, 0.25) is 0 Å². The van der Waals surface area contributed by atoms with E-state index in [1.807, 2.05) is 19.2 Å². The van der Waals surface area contributed by atoms with Crippen LogP contribution in [0, 0.1) is 11.3 Å². The molecule has 2 rings (SSSR count). The molecule has 108 valence electrons. The summed E-state index contributed by atoms with van der Waals surface area (Å²) in [6.45, 7) is 1.31. The first-order valence-corrected chi connectivity index (χ1v) is 7.49. The third-order valence-corrected chi connectivity index (χ3v) is 3.74. The molecule has 0 saturated heterocycles. The lowest BCUT2D eigenvalue weighted by molar-refractivity contribution is 0.124. The molecular weight excluding hydrogens is 328 g/mol. The van der Waals surface area contributed by atoms with Crippen LogP contribution in [-0.4, -0.2) is 23.6 Å². The van der Waals surface area contributed by atoms with Crippen LogP contribution in [0.3, 0.4) is 0 Å². The van der Waals surface area contributed by atoms with Gasteiger partial charge in [-0.25, -0.2) is 0 Å². The van der Waals surface area contributed by atoms with E-state index in [4.69, 9.17) is 5.26 Å². The van der Waals surface area contributed by atoms with Crippen molar-refractivity contribution >= 4 is 15.9 Å². The Balaban J connectivity index is 1.95. The van der Waals surface area contributed by atoms with Gasteiger partial charge < -0.3 is 5.11 Å². The van der Waals surface area contributed by atoms with Crippen molar-refractivity contribution in [2.24, 2.45) is 0 Å². The smallest absolute Gasteiger partial charge is 0.0991 e. The van der Waals surface area contributed by atoms with Crippen LogP contribution in [-0.2, 0) is 6.54 Å². The van der Waals surface area contributed by atoms with E-state index >= 15 is 0 Å². The Kier molecular flexibility index (Phi) is 5.51. The van der Waals surface area contributed by atoms with Crippen molar-refractivity contribution < 1.29 is 5.11 Å². The molecule has 0 saturated carbocycles. The number of hydrogen-bond acceptors (Lipinski definition) is 3. The summed E-state index contributed by atoms with van der Waals surface area (Å²) < 4.78 is 1.06. The van der Waals surface area contributed by atoms with Gasteiger partial charge in [-0.05, 0) is 42.4 Å². The molecule has 0 spiro atoms. The molecule has 2 aromatic carbocycles. The number of nitrogens with zero attached hydrogens (tertiary/aromatic N) is 2.